The monoisotopic (exact) mass is 353 g/mol. The lowest BCUT2D eigenvalue weighted by Crippen LogP contribution is -2.41. The Morgan fingerprint density at radius 3 is 2.58 bits per heavy atom. The second-order valence-electron chi connectivity index (χ2n) is 6.82. The fourth-order valence-corrected chi connectivity index (χ4v) is 3.39. The second kappa shape index (κ2) is 8.83. The highest BCUT2D eigenvalue weighted by Crippen LogP contribution is 2.18. The first-order chi connectivity index (χ1) is 12.7. The van der Waals surface area contributed by atoms with Gasteiger partial charge in [-0.2, -0.15) is 0 Å². The molecule has 0 atom stereocenters. The van der Waals surface area contributed by atoms with Gasteiger partial charge >= 0.3 is 5.97 Å². The summed E-state index contributed by atoms with van der Waals surface area (Å²) in [6.07, 6.45) is 2.26. The summed E-state index contributed by atoms with van der Waals surface area (Å²) >= 11 is 0. The number of carbonyl (C=O) groups is 1. The highest BCUT2D eigenvalue weighted by molar-refractivity contribution is 5.90. The van der Waals surface area contributed by atoms with Crippen molar-refractivity contribution in [3.05, 3.63) is 65.2 Å². The van der Waals surface area contributed by atoms with Gasteiger partial charge in [-0.3, -0.25) is 4.90 Å². The average Bonchev–Trinajstić information content (AvgIpc) is 2.68. The molecule has 3 N–H and O–H groups in total. The number of piperidine rings is 1. The van der Waals surface area contributed by atoms with Crippen molar-refractivity contribution in [1.82, 2.24) is 10.2 Å². The number of methoxy groups -OCH3 is 1. The number of nitrogen functional groups attached to an aromatic ring is 1. The number of hydrogen-bond acceptors (Lipinski definition) is 5. The van der Waals surface area contributed by atoms with E-state index in [9.17, 15) is 4.79 Å². The summed E-state index contributed by atoms with van der Waals surface area (Å²) in [5.41, 5.74) is 9.59. The Morgan fingerprint density at radius 2 is 1.92 bits per heavy atom. The predicted molar refractivity (Wildman–Crippen MR) is 104 cm³/mol. The van der Waals surface area contributed by atoms with Crippen LogP contribution in [0, 0.1) is 0 Å². The van der Waals surface area contributed by atoms with Gasteiger partial charge in [0.05, 0.1) is 12.7 Å². The molecule has 0 aliphatic carbocycles. The van der Waals surface area contributed by atoms with E-state index in [2.05, 4.69) is 40.5 Å². The van der Waals surface area contributed by atoms with E-state index in [4.69, 9.17) is 10.5 Å². The molecular weight excluding hydrogens is 326 g/mol. The van der Waals surface area contributed by atoms with E-state index in [1.807, 2.05) is 6.07 Å². The van der Waals surface area contributed by atoms with Crippen LogP contribution < -0.4 is 11.1 Å². The van der Waals surface area contributed by atoms with E-state index in [0.717, 1.165) is 44.6 Å². The third kappa shape index (κ3) is 4.84. The molecule has 2 aromatic rings. The normalized spacial score (nSPS) is 15.7. The Balaban J connectivity index is 1.46. The minimum Gasteiger partial charge on any atom is -0.465 e. The number of esters is 1. The summed E-state index contributed by atoms with van der Waals surface area (Å²) in [6, 6.07) is 16.5. The minimum absolute atomic E-state index is 0.359. The number of nitrogens with zero attached hydrogens (tertiary/aromatic N) is 1. The standard InChI is InChI=1S/C21H27N3O2/c1-26-21(25)17-7-8-18(20(22)13-17)14-23-19-9-11-24(12-10-19)15-16-5-3-2-4-6-16/h2-8,13,19,23H,9-12,14-15,22H2,1H3. The molecule has 0 radical (unpaired) electrons. The van der Waals surface area contributed by atoms with Gasteiger partial charge in [0.15, 0.2) is 0 Å². The van der Waals surface area contributed by atoms with Crippen molar-refractivity contribution in [3.8, 4) is 0 Å². The van der Waals surface area contributed by atoms with Crippen molar-refractivity contribution in [3.63, 3.8) is 0 Å². The SMILES string of the molecule is COC(=O)c1ccc(CNC2CCN(Cc3ccccc3)CC2)c(N)c1. The molecule has 2 aromatic carbocycles. The Kier molecular flexibility index (Phi) is 6.26. The smallest absolute Gasteiger partial charge is 0.337 e. The van der Waals surface area contributed by atoms with Gasteiger partial charge in [0, 0.05) is 24.8 Å². The third-order valence-corrected chi connectivity index (χ3v) is 4.98. The quantitative estimate of drug-likeness (QED) is 0.617. The number of anilines is 1. The highest BCUT2D eigenvalue weighted by atomic mass is 16.5. The first-order valence-corrected chi connectivity index (χ1v) is 9.12. The van der Waals surface area contributed by atoms with E-state index in [1.165, 1.54) is 12.7 Å². The zero-order chi connectivity index (χ0) is 18.4. The molecule has 26 heavy (non-hydrogen) atoms. The lowest BCUT2D eigenvalue weighted by molar-refractivity contribution is 0.0601. The molecule has 0 bridgehead atoms. The number of nitrogens with one attached hydrogen (secondary N) is 1. The van der Waals surface area contributed by atoms with Crippen molar-refractivity contribution < 1.29 is 9.53 Å². The molecule has 5 nitrogen and oxygen atoms in total. The molecule has 0 spiro atoms. The van der Waals surface area contributed by atoms with Crippen LogP contribution in [0.2, 0.25) is 0 Å². The molecule has 1 fully saturated rings. The molecule has 1 saturated heterocycles. The van der Waals surface area contributed by atoms with Crippen LogP contribution in [0.1, 0.15) is 34.3 Å². The minimum atomic E-state index is -0.359. The fourth-order valence-electron chi connectivity index (χ4n) is 3.39. The van der Waals surface area contributed by atoms with Crippen molar-refractivity contribution in [2.45, 2.75) is 32.0 Å². The molecule has 0 aromatic heterocycles. The molecule has 1 heterocycles. The maximum absolute atomic E-state index is 11.5. The largest absolute Gasteiger partial charge is 0.465 e. The lowest BCUT2D eigenvalue weighted by Gasteiger charge is -2.32. The van der Waals surface area contributed by atoms with E-state index >= 15 is 0 Å². The van der Waals surface area contributed by atoms with Crippen molar-refractivity contribution >= 4 is 11.7 Å². The lowest BCUT2D eigenvalue weighted by atomic mass is 10.0. The number of ether oxygens (including phenoxy) is 1. The van der Waals surface area contributed by atoms with Crippen LogP contribution >= 0.6 is 0 Å². The molecule has 0 saturated carbocycles. The molecule has 138 valence electrons. The first-order valence-electron chi connectivity index (χ1n) is 9.12. The van der Waals surface area contributed by atoms with Crippen LogP contribution in [-0.2, 0) is 17.8 Å². The number of likely N-dealkylation sites (tertiary alicyclic amines) is 1. The number of carbonyl (C=O) groups excluding carboxylic acids is 1. The van der Waals surface area contributed by atoms with Gasteiger partial charge in [-0.1, -0.05) is 36.4 Å². The summed E-state index contributed by atoms with van der Waals surface area (Å²) in [4.78, 5) is 14.1. The molecule has 1 aliphatic rings. The second-order valence-corrected chi connectivity index (χ2v) is 6.82. The molecule has 3 rings (SSSR count). The summed E-state index contributed by atoms with van der Waals surface area (Å²) in [5.74, 6) is -0.359. The first kappa shape index (κ1) is 18.4. The Hall–Kier alpha value is -2.37. The van der Waals surface area contributed by atoms with Gasteiger partial charge in [0.2, 0.25) is 0 Å². The zero-order valence-electron chi connectivity index (χ0n) is 15.3. The van der Waals surface area contributed by atoms with Gasteiger partial charge in [-0.15, -0.1) is 0 Å². The van der Waals surface area contributed by atoms with E-state index in [0.29, 0.717) is 17.3 Å². The van der Waals surface area contributed by atoms with E-state index < -0.39 is 0 Å². The van der Waals surface area contributed by atoms with Gasteiger partial charge < -0.3 is 15.8 Å². The van der Waals surface area contributed by atoms with Gasteiger partial charge in [-0.25, -0.2) is 4.79 Å². The number of nitrogens with two attached hydrogens (primary N) is 1. The van der Waals surface area contributed by atoms with Gasteiger partial charge in [0.1, 0.15) is 0 Å². The zero-order valence-corrected chi connectivity index (χ0v) is 15.3. The molecule has 0 amide bonds. The maximum atomic E-state index is 11.5. The predicted octanol–water partition coefficient (Wildman–Crippen LogP) is 2.81. The average molecular weight is 353 g/mol. The van der Waals surface area contributed by atoms with Crippen molar-refractivity contribution in [1.29, 1.82) is 0 Å². The van der Waals surface area contributed by atoms with Crippen LogP contribution in [0.3, 0.4) is 0 Å². The Morgan fingerprint density at radius 1 is 1.19 bits per heavy atom. The van der Waals surface area contributed by atoms with Crippen LogP contribution in [0.25, 0.3) is 0 Å². The number of rotatable bonds is 6. The molecule has 5 heteroatoms. The van der Waals surface area contributed by atoms with Crippen molar-refractivity contribution in [2.24, 2.45) is 0 Å². The summed E-state index contributed by atoms with van der Waals surface area (Å²) in [6.45, 7) is 3.94. The molecule has 0 unspecified atom stereocenters. The summed E-state index contributed by atoms with van der Waals surface area (Å²) < 4.78 is 4.72. The maximum Gasteiger partial charge on any atom is 0.337 e. The number of hydrogen-bond donors (Lipinski definition) is 2. The van der Waals surface area contributed by atoms with Crippen LogP contribution in [0.4, 0.5) is 5.69 Å². The van der Waals surface area contributed by atoms with Gasteiger partial charge in [0.25, 0.3) is 0 Å². The highest BCUT2D eigenvalue weighted by Gasteiger charge is 2.19. The van der Waals surface area contributed by atoms with Crippen LogP contribution in [0.15, 0.2) is 48.5 Å². The van der Waals surface area contributed by atoms with Crippen LogP contribution in [-0.4, -0.2) is 37.1 Å². The topological polar surface area (TPSA) is 67.6 Å². The Bertz CT molecular complexity index is 725. The van der Waals surface area contributed by atoms with Crippen molar-refractivity contribution in [2.75, 3.05) is 25.9 Å². The summed E-state index contributed by atoms with van der Waals surface area (Å²) in [7, 11) is 1.37. The number of benzene rings is 2. The van der Waals surface area contributed by atoms with E-state index in [-0.39, 0.29) is 5.97 Å². The van der Waals surface area contributed by atoms with Crippen LogP contribution in [0.5, 0.6) is 0 Å². The molecule has 1 aliphatic heterocycles. The fraction of sp³-hybridized carbons (Fsp3) is 0.381. The van der Waals surface area contributed by atoms with Gasteiger partial charge in [-0.05, 0) is 49.2 Å². The summed E-state index contributed by atoms with van der Waals surface area (Å²) in [5, 5.41) is 3.60. The molecular formula is C21H27N3O2. The van der Waals surface area contributed by atoms with E-state index in [1.54, 1.807) is 12.1 Å². The Labute approximate surface area is 155 Å². The third-order valence-electron chi connectivity index (χ3n) is 4.98.